The third-order valence-corrected chi connectivity index (χ3v) is 6.07. The molecule has 3 rings (SSSR count). The lowest BCUT2D eigenvalue weighted by molar-refractivity contribution is -0.121. The Morgan fingerprint density at radius 2 is 2.00 bits per heavy atom. The fraction of sp³-hybridized carbons (Fsp3) is 0.500. The van der Waals surface area contributed by atoms with Crippen LogP contribution in [0.3, 0.4) is 0 Å². The molecule has 136 valence electrons. The SMILES string of the molecule is Cc1cccc(N2CCN(CCC(=O)N[C@H]3C=CS(=O)(=O)C3)CC2)c1. The predicted molar refractivity (Wildman–Crippen MR) is 99.3 cm³/mol. The van der Waals surface area contributed by atoms with Crippen LogP contribution in [0.25, 0.3) is 0 Å². The molecule has 0 radical (unpaired) electrons. The van der Waals surface area contributed by atoms with Gasteiger partial charge in [0.05, 0.1) is 11.8 Å². The number of aryl methyl sites for hydroxylation is 1. The molecule has 6 nitrogen and oxygen atoms in total. The Labute approximate surface area is 149 Å². The summed E-state index contributed by atoms with van der Waals surface area (Å²) in [5, 5.41) is 3.96. The first-order chi connectivity index (χ1) is 11.9. The molecular weight excluding hydrogens is 338 g/mol. The molecule has 1 amide bonds. The number of amides is 1. The van der Waals surface area contributed by atoms with Gasteiger partial charge in [0, 0.05) is 50.2 Å². The smallest absolute Gasteiger partial charge is 0.221 e. The number of nitrogens with one attached hydrogen (secondary N) is 1. The Morgan fingerprint density at radius 1 is 1.24 bits per heavy atom. The lowest BCUT2D eigenvalue weighted by atomic mass is 10.2. The zero-order valence-corrected chi connectivity index (χ0v) is 15.3. The molecule has 25 heavy (non-hydrogen) atoms. The fourth-order valence-electron chi connectivity index (χ4n) is 3.26. The van der Waals surface area contributed by atoms with E-state index in [1.165, 1.54) is 16.7 Å². The first kappa shape index (κ1) is 17.9. The van der Waals surface area contributed by atoms with Gasteiger partial charge in [-0.1, -0.05) is 12.1 Å². The highest BCUT2D eigenvalue weighted by molar-refractivity contribution is 7.94. The standard InChI is InChI=1S/C18H25N3O3S/c1-15-3-2-4-17(13-15)21-10-8-20(9-11-21)7-5-18(22)19-16-6-12-25(23,24)14-16/h2-4,6,12-13,16H,5,7-11,14H2,1H3,(H,19,22)/t16-/m0/s1. The summed E-state index contributed by atoms with van der Waals surface area (Å²) in [4.78, 5) is 16.7. The van der Waals surface area contributed by atoms with Crippen LogP contribution in [0.1, 0.15) is 12.0 Å². The van der Waals surface area contributed by atoms with Crippen LogP contribution in [0.5, 0.6) is 0 Å². The molecule has 1 saturated heterocycles. The summed E-state index contributed by atoms with van der Waals surface area (Å²) in [7, 11) is -3.12. The minimum atomic E-state index is -3.12. The van der Waals surface area contributed by atoms with Crippen molar-refractivity contribution in [3.8, 4) is 0 Å². The second-order valence-electron chi connectivity index (χ2n) is 6.75. The van der Waals surface area contributed by atoms with Crippen molar-refractivity contribution in [3.63, 3.8) is 0 Å². The van der Waals surface area contributed by atoms with E-state index in [9.17, 15) is 13.2 Å². The molecule has 2 aliphatic rings. The highest BCUT2D eigenvalue weighted by atomic mass is 32.2. The molecular formula is C18H25N3O3S. The van der Waals surface area contributed by atoms with Crippen molar-refractivity contribution >= 4 is 21.4 Å². The summed E-state index contributed by atoms with van der Waals surface area (Å²) in [6.07, 6.45) is 1.95. The number of carbonyl (C=O) groups excluding carboxylic acids is 1. The van der Waals surface area contributed by atoms with Crippen LogP contribution in [-0.4, -0.2) is 63.7 Å². The van der Waals surface area contributed by atoms with Gasteiger partial charge in [-0.15, -0.1) is 0 Å². The van der Waals surface area contributed by atoms with Gasteiger partial charge in [-0.3, -0.25) is 9.69 Å². The molecule has 1 N–H and O–H groups in total. The van der Waals surface area contributed by atoms with Gasteiger partial charge in [-0.25, -0.2) is 8.42 Å². The van der Waals surface area contributed by atoms with E-state index in [-0.39, 0.29) is 17.7 Å². The molecule has 0 spiro atoms. The molecule has 0 aliphatic carbocycles. The van der Waals surface area contributed by atoms with Crippen molar-refractivity contribution in [1.29, 1.82) is 0 Å². The number of anilines is 1. The van der Waals surface area contributed by atoms with Gasteiger partial charge in [-0.05, 0) is 30.7 Å². The Bertz CT molecular complexity index is 753. The number of piperazine rings is 1. The summed E-state index contributed by atoms with van der Waals surface area (Å²) in [6, 6.07) is 8.14. The molecule has 1 aromatic rings. The normalized spacial score (nSPS) is 22.9. The third-order valence-electron chi connectivity index (χ3n) is 4.67. The van der Waals surface area contributed by atoms with Crippen LogP contribution in [0, 0.1) is 6.92 Å². The Hall–Kier alpha value is -1.86. The largest absolute Gasteiger partial charge is 0.369 e. The second-order valence-corrected chi connectivity index (χ2v) is 8.68. The van der Waals surface area contributed by atoms with Gasteiger partial charge in [0.25, 0.3) is 0 Å². The van der Waals surface area contributed by atoms with Crippen LogP contribution < -0.4 is 10.2 Å². The van der Waals surface area contributed by atoms with Crippen LogP contribution in [-0.2, 0) is 14.6 Å². The Morgan fingerprint density at radius 3 is 2.64 bits per heavy atom. The first-order valence-corrected chi connectivity index (χ1v) is 10.4. The number of rotatable bonds is 5. The summed E-state index contributed by atoms with van der Waals surface area (Å²) in [5.74, 6) is -0.110. The summed E-state index contributed by atoms with van der Waals surface area (Å²) < 4.78 is 22.7. The maximum atomic E-state index is 12.0. The van der Waals surface area contributed by atoms with E-state index in [0.29, 0.717) is 13.0 Å². The van der Waals surface area contributed by atoms with Gasteiger partial charge < -0.3 is 10.2 Å². The molecule has 1 fully saturated rings. The number of nitrogens with zero attached hydrogens (tertiary/aromatic N) is 2. The monoisotopic (exact) mass is 363 g/mol. The van der Waals surface area contributed by atoms with E-state index in [0.717, 1.165) is 26.2 Å². The average molecular weight is 363 g/mol. The van der Waals surface area contributed by atoms with Gasteiger partial charge >= 0.3 is 0 Å². The minimum absolute atomic E-state index is 0.0199. The van der Waals surface area contributed by atoms with E-state index < -0.39 is 9.84 Å². The quantitative estimate of drug-likeness (QED) is 0.843. The maximum Gasteiger partial charge on any atom is 0.221 e. The van der Waals surface area contributed by atoms with Crippen molar-refractivity contribution in [2.45, 2.75) is 19.4 Å². The fourth-order valence-corrected chi connectivity index (χ4v) is 4.49. The lowest BCUT2D eigenvalue weighted by Crippen LogP contribution is -2.47. The number of sulfone groups is 1. The summed E-state index contributed by atoms with van der Waals surface area (Å²) in [5.41, 5.74) is 2.52. The van der Waals surface area contributed by atoms with Crippen molar-refractivity contribution < 1.29 is 13.2 Å². The zero-order chi connectivity index (χ0) is 17.9. The van der Waals surface area contributed by atoms with Crippen LogP contribution >= 0.6 is 0 Å². The van der Waals surface area contributed by atoms with Crippen molar-refractivity contribution in [1.82, 2.24) is 10.2 Å². The molecule has 0 aromatic heterocycles. The van der Waals surface area contributed by atoms with E-state index in [4.69, 9.17) is 0 Å². The molecule has 1 aromatic carbocycles. The Kier molecular flexibility index (Phi) is 5.44. The van der Waals surface area contributed by atoms with Crippen molar-refractivity contribution in [2.24, 2.45) is 0 Å². The molecule has 0 unspecified atom stereocenters. The topological polar surface area (TPSA) is 69.7 Å². The molecule has 2 heterocycles. The van der Waals surface area contributed by atoms with Crippen LogP contribution in [0.15, 0.2) is 35.7 Å². The first-order valence-electron chi connectivity index (χ1n) is 8.66. The number of hydrogen-bond acceptors (Lipinski definition) is 5. The van der Waals surface area contributed by atoms with E-state index in [1.54, 1.807) is 6.08 Å². The number of carbonyl (C=O) groups is 1. The van der Waals surface area contributed by atoms with Crippen LogP contribution in [0.2, 0.25) is 0 Å². The molecule has 0 saturated carbocycles. The number of benzene rings is 1. The maximum absolute atomic E-state index is 12.0. The molecule has 2 aliphatic heterocycles. The Balaban J connectivity index is 1.39. The van der Waals surface area contributed by atoms with Gasteiger partial charge in [0.1, 0.15) is 0 Å². The average Bonchev–Trinajstić information content (AvgIpc) is 2.92. The zero-order valence-electron chi connectivity index (χ0n) is 14.5. The highest BCUT2D eigenvalue weighted by Crippen LogP contribution is 2.17. The molecule has 7 heteroatoms. The molecule has 1 atom stereocenters. The van der Waals surface area contributed by atoms with Gasteiger partial charge in [-0.2, -0.15) is 0 Å². The van der Waals surface area contributed by atoms with Gasteiger partial charge in [0.15, 0.2) is 9.84 Å². The highest BCUT2D eigenvalue weighted by Gasteiger charge is 2.23. The number of hydrogen-bond donors (Lipinski definition) is 1. The molecule has 0 bridgehead atoms. The van der Waals surface area contributed by atoms with E-state index in [1.807, 2.05) is 0 Å². The second kappa shape index (κ2) is 7.58. The summed E-state index contributed by atoms with van der Waals surface area (Å²) in [6.45, 7) is 6.57. The van der Waals surface area contributed by atoms with Crippen LogP contribution in [0.4, 0.5) is 5.69 Å². The summed E-state index contributed by atoms with van der Waals surface area (Å²) >= 11 is 0. The van der Waals surface area contributed by atoms with E-state index in [2.05, 4.69) is 46.3 Å². The third kappa shape index (κ3) is 5.06. The lowest BCUT2D eigenvalue weighted by Gasteiger charge is -2.36. The minimum Gasteiger partial charge on any atom is -0.369 e. The van der Waals surface area contributed by atoms with Crippen molar-refractivity contribution in [2.75, 3.05) is 43.4 Å². The van der Waals surface area contributed by atoms with Crippen molar-refractivity contribution in [3.05, 3.63) is 41.3 Å². The van der Waals surface area contributed by atoms with Gasteiger partial charge in [0.2, 0.25) is 5.91 Å². The van der Waals surface area contributed by atoms with E-state index >= 15 is 0 Å². The predicted octanol–water partition coefficient (Wildman–Crippen LogP) is 0.934.